The van der Waals surface area contributed by atoms with Crippen molar-refractivity contribution >= 4 is 0 Å². The van der Waals surface area contributed by atoms with Gasteiger partial charge in [-0.25, -0.2) is 0 Å². The van der Waals surface area contributed by atoms with Crippen LogP contribution in [0.15, 0.2) is 0 Å². The van der Waals surface area contributed by atoms with Crippen LogP contribution in [0, 0.1) is 0 Å². The third-order valence-corrected chi connectivity index (χ3v) is 5.63. The molecule has 4 atom stereocenters. The molecule has 3 nitrogen and oxygen atoms in total. The molecule has 0 spiro atoms. The van der Waals surface area contributed by atoms with Crippen LogP contribution in [-0.4, -0.2) is 48.3 Å². The summed E-state index contributed by atoms with van der Waals surface area (Å²) in [5.41, 5.74) is 0.115. The van der Waals surface area contributed by atoms with E-state index >= 15 is 0 Å². The molecule has 0 saturated carbocycles. The second kappa shape index (κ2) is 5.71. The maximum atomic E-state index is 5.96. The maximum absolute atomic E-state index is 5.96. The van der Waals surface area contributed by atoms with Crippen molar-refractivity contribution in [3.05, 3.63) is 0 Å². The minimum Gasteiger partial charge on any atom is -0.375 e. The summed E-state index contributed by atoms with van der Waals surface area (Å²) in [6.45, 7) is 8.13. The van der Waals surface area contributed by atoms with Crippen LogP contribution in [0.3, 0.4) is 0 Å². The van der Waals surface area contributed by atoms with Crippen LogP contribution >= 0.6 is 0 Å². The van der Waals surface area contributed by atoms with Crippen LogP contribution < -0.4 is 5.32 Å². The third-order valence-electron chi connectivity index (χ3n) is 5.63. The van der Waals surface area contributed by atoms with Crippen molar-refractivity contribution in [1.82, 2.24) is 10.2 Å². The van der Waals surface area contributed by atoms with Crippen LogP contribution in [0.1, 0.15) is 58.8 Å². The van der Waals surface area contributed by atoms with Crippen LogP contribution in [0.4, 0.5) is 0 Å². The van der Waals surface area contributed by atoms with E-state index < -0.39 is 0 Å². The number of hydrogen-bond donors (Lipinski definition) is 1. The Labute approximate surface area is 118 Å². The van der Waals surface area contributed by atoms with Gasteiger partial charge in [-0.3, -0.25) is 0 Å². The molecule has 0 aromatic carbocycles. The molecule has 3 aliphatic heterocycles. The van der Waals surface area contributed by atoms with Crippen LogP contribution in [0.5, 0.6) is 0 Å². The molecule has 1 N–H and O–H groups in total. The van der Waals surface area contributed by atoms with Gasteiger partial charge in [-0.15, -0.1) is 0 Å². The number of piperidine rings is 1. The molecule has 0 radical (unpaired) electrons. The molecule has 19 heavy (non-hydrogen) atoms. The van der Waals surface area contributed by atoms with Gasteiger partial charge in [0, 0.05) is 24.7 Å². The summed E-state index contributed by atoms with van der Waals surface area (Å²) in [7, 11) is 0. The van der Waals surface area contributed by atoms with E-state index in [1.165, 1.54) is 51.6 Å². The van der Waals surface area contributed by atoms with E-state index in [4.69, 9.17) is 4.74 Å². The topological polar surface area (TPSA) is 24.5 Å². The third kappa shape index (κ3) is 3.14. The molecule has 110 valence electrons. The molecule has 3 rings (SSSR count). The highest BCUT2D eigenvalue weighted by atomic mass is 16.5. The van der Waals surface area contributed by atoms with E-state index in [0.717, 1.165) is 25.1 Å². The zero-order valence-corrected chi connectivity index (χ0v) is 12.7. The largest absolute Gasteiger partial charge is 0.375 e. The standard InChI is InChI=1S/C16H30N2O/c1-3-16(2)12-14(7-10-19-16)17-13-6-9-18-8-4-5-15(18)11-13/h13-15,17H,3-12H2,1-2H3. The molecule has 3 heterocycles. The number of hydrogen-bond acceptors (Lipinski definition) is 3. The summed E-state index contributed by atoms with van der Waals surface area (Å²) in [6.07, 6.45) is 9.08. The predicted octanol–water partition coefficient (Wildman–Crippen LogP) is 2.55. The van der Waals surface area contributed by atoms with E-state index in [2.05, 4.69) is 24.1 Å². The number of nitrogens with one attached hydrogen (secondary N) is 1. The Morgan fingerprint density at radius 1 is 1.21 bits per heavy atom. The highest BCUT2D eigenvalue weighted by molar-refractivity contribution is 4.92. The number of nitrogens with zero attached hydrogens (tertiary/aromatic N) is 1. The Bertz CT molecular complexity index is 309. The van der Waals surface area contributed by atoms with Gasteiger partial charge in [-0.05, 0) is 65.0 Å². The number of fused-ring (bicyclic) bond motifs is 1. The predicted molar refractivity (Wildman–Crippen MR) is 78.4 cm³/mol. The Kier molecular flexibility index (Phi) is 4.16. The van der Waals surface area contributed by atoms with Gasteiger partial charge in [-0.1, -0.05) is 6.92 Å². The number of rotatable bonds is 3. The molecule has 3 fully saturated rings. The monoisotopic (exact) mass is 266 g/mol. The van der Waals surface area contributed by atoms with Gasteiger partial charge in [0.15, 0.2) is 0 Å². The summed E-state index contributed by atoms with van der Waals surface area (Å²) in [4.78, 5) is 2.71. The minimum atomic E-state index is 0.115. The van der Waals surface area contributed by atoms with Gasteiger partial charge in [0.1, 0.15) is 0 Å². The summed E-state index contributed by atoms with van der Waals surface area (Å²) in [5, 5.41) is 3.95. The van der Waals surface area contributed by atoms with Crippen molar-refractivity contribution < 1.29 is 4.74 Å². The normalized spacial score (nSPS) is 44.2. The van der Waals surface area contributed by atoms with Gasteiger partial charge in [0.25, 0.3) is 0 Å². The van der Waals surface area contributed by atoms with Crippen molar-refractivity contribution in [1.29, 1.82) is 0 Å². The summed E-state index contributed by atoms with van der Waals surface area (Å²) >= 11 is 0. The second-order valence-corrected chi connectivity index (χ2v) is 7.06. The van der Waals surface area contributed by atoms with Crippen LogP contribution in [-0.2, 0) is 4.74 Å². The fourth-order valence-electron chi connectivity index (χ4n) is 4.23. The average molecular weight is 266 g/mol. The lowest BCUT2D eigenvalue weighted by Gasteiger charge is -2.42. The van der Waals surface area contributed by atoms with Crippen molar-refractivity contribution in [3.8, 4) is 0 Å². The fraction of sp³-hybridized carbons (Fsp3) is 1.00. The van der Waals surface area contributed by atoms with Gasteiger partial charge in [-0.2, -0.15) is 0 Å². The smallest absolute Gasteiger partial charge is 0.0666 e. The Morgan fingerprint density at radius 3 is 2.95 bits per heavy atom. The molecule has 4 unspecified atom stereocenters. The van der Waals surface area contributed by atoms with Crippen molar-refractivity contribution in [3.63, 3.8) is 0 Å². The molecule has 0 bridgehead atoms. The summed E-state index contributed by atoms with van der Waals surface area (Å²) < 4.78 is 5.96. The van der Waals surface area contributed by atoms with Gasteiger partial charge in [0.2, 0.25) is 0 Å². The Morgan fingerprint density at radius 2 is 2.11 bits per heavy atom. The van der Waals surface area contributed by atoms with Gasteiger partial charge < -0.3 is 15.0 Å². The fourth-order valence-corrected chi connectivity index (χ4v) is 4.23. The molecular formula is C16H30N2O. The zero-order chi connectivity index (χ0) is 13.3. The van der Waals surface area contributed by atoms with Crippen molar-refractivity contribution in [2.45, 2.75) is 82.5 Å². The molecule has 0 aromatic heterocycles. The Balaban J connectivity index is 1.51. The van der Waals surface area contributed by atoms with Gasteiger partial charge in [0.05, 0.1) is 5.60 Å². The quantitative estimate of drug-likeness (QED) is 0.849. The van der Waals surface area contributed by atoms with Crippen LogP contribution in [0.2, 0.25) is 0 Å². The van der Waals surface area contributed by atoms with Crippen molar-refractivity contribution in [2.75, 3.05) is 19.7 Å². The number of ether oxygens (including phenoxy) is 1. The molecule has 0 amide bonds. The molecule has 0 aromatic rings. The molecule has 3 saturated heterocycles. The SMILES string of the molecule is CCC1(C)CC(NC2CCN3CCCC3C2)CCO1. The highest BCUT2D eigenvalue weighted by Gasteiger charge is 2.35. The maximum Gasteiger partial charge on any atom is 0.0666 e. The first-order valence-corrected chi connectivity index (χ1v) is 8.32. The van der Waals surface area contributed by atoms with Crippen LogP contribution in [0.25, 0.3) is 0 Å². The van der Waals surface area contributed by atoms with E-state index in [1.807, 2.05) is 0 Å². The molecule has 3 heteroatoms. The average Bonchev–Trinajstić information content (AvgIpc) is 2.86. The Hall–Kier alpha value is -0.120. The van der Waals surface area contributed by atoms with E-state index in [1.54, 1.807) is 0 Å². The van der Waals surface area contributed by atoms with E-state index in [0.29, 0.717) is 6.04 Å². The summed E-state index contributed by atoms with van der Waals surface area (Å²) in [5.74, 6) is 0. The molecular weight excluding hydrogens is 236 g/mol. The lowest BCUT2D eigenvalue weighted by Crippen LogP contribution is -2.52. The first-order chi connectivity index (χ1) is 9.18. The van der Waals surface area contributed by atoms with Crippen molar-refractivity contribution in [2.24, 2.45) is 0 Å². The minimum absolute atomic E-state index is 0.115. The first kappa shape index (κ1) is 13.8. The lowest BCUT2D eigenvalue weighted by molar-refractivity contribution is -0.0799. The first-order valence-electron chi connectivity index (χ1n) is 8.32. The van der Waals surface area contributed by atoms with E-state index in [-0.39, 0.29) is 5.60 Å². The molecule has 3 aliphatic rings. The lowest BCUT2D eigenvalue weighted by atomic mass is 9.88. The highest BCUT2D eigenvalue weighted by Crippen LogP contribution is 2.30. The summed E-state index contributed by atoms with van der Waals surface area (Å²) in [6, 6.07) is 2.31. The zero-order valence-electron chi connectivity index (χ0n) is 12.7. The second-order valence-electron chi connectivity index (χ2n) is 7.06. The van der Waals surface area contributed by atoms with E-state index in [9.17, 15) is 0 Å². The molecule has 0 aliphatic carbocycles. The van der Waals surface area contributed by atoms with Gasteiger partial charge >= 0.3 is 0 Å².